The van der Waals surface area contributed by atoms with Crippen LogP contribution in [0.1, 0.15) is 37.3 Å². The lowest BCUT2D eigenvalue weighted by molar-refractivity contribution is -0.136. The van der Waals surface area contributed by atoms with Gasteiger partial charge in [-0.1, -0.05) is 24.3 Å². The smallest absolute Gasteiger partial charge is 0.248 e. The molecule has 0 radical (unpaired) electrons. The molecule has 1 amide bonds. The summed E-state index contributed by atoms with van der Waals surface area (Å²) in [5.74, 6) is 0.576. The summed E-state index contributed by atoms with van der Waals surface area (Å²) in [5, 5.41) is 0. The highest BCUT2D eigenvalue weighted by Crippen LogP contribution is 2.33. The Bertz CT molecular complexity index is 444. The summed E-state index contributed by atoms with van der Waals surface area (Å²) in [5.41, 5.74) is 2.69. The molecule has 1 saturated heterocycles. The second-order valence-corrected chi connectivity index (χ2v) is 5.32. The summed E-state index contributed by atoms with van der Waals surface area (Å²) in [6, 6.07) is 8.78. The molecule has 1 aliphatic rings. The molecule has 104 valence electrons. The van der Waals surface area contributed by atoms with Gasteiger partial charge >= 0.3 is 0 Å². The quantitative estimate of drug-likeness (QED) is 0.834. The van der Waals surface area contributed by atoms with Crippen molar-refractivity contribution in [3.05, 3.63) is 35.4 Å². The van der Waals surface area contributed by atoms with Crippen LogP contribution in [0.5, 0.6) is 0 Å². The van der Waals surface area contributed by atoms with Gasteiger partial charge < -0.3 is 9.64 Å². The van der Waals surface area contributed by atoms with Crippen molar-refractivity contribution in [1.29, 1.82) is 0 Å². The Balaban J connectivity index is 2.05. The van der Waals surface area contributed by atoms with Crippen LogP contribution in [0.2, 0.25) is 0 Å². The largest absolute Gasteiger partial charge is 0.372 e. The molecule has 2 rings (SSSR count). The van der Waals surface area contributed by atoms with Crippen molar-refractivity contribution < 1.29 is 9.53 Å². The zero-order valence-electron chi connectivity index (χ0n) is 12.1. The number of carbonyl (C=O) groups excluding carboxylic acids is 1. The third-order valence-electron chi connectivity index (χ3n) is 3.95. The van der Waals surface area contributed by atoms with Gasteiger partial charge in [0, 0.05) is 25.1 Å². The highest BCUT2D eigenvalue weighted by Gasteiger charge is 2.33. The van der Waals surface area contributed by atoms with Crippen molar-refractivity contribution in [1.82, 2.24) is 4.90 Å². The molecule has 0 saturated carbocycles. The second-order valence-electron chi connectivity index (χ2n) is 5.32. The van der Waals surface area contributed by atoms with E-state index in [1.807, 2.05) is 11.8 Å². The number of hydrogen-bond donors (Lipinski definition) is 0. The van der Waals surface area contributed by atoms with Crippen molar-refractivity contribution in [3.8, 4) is 0 Å². The molecule has 0 N–H and O–H groups in total. The summed E-state index contributed by atoms with van der Waals surface area (Å²) >= 11 is 0. The highest BCUT2D eigenvalue weighted by atomic mass is 16.5. The first-order valence-electron chi connectivity index (χ1n) is 7.06. The van der Waals surface area contributed by atoms with Crippen molar-refractivity contribution in [2.45, 2.75) is 39.2 Å². The minimum absolute atomic E-state index is 0.116. The molecule has 1 fully saturated rings. The van der Waals surface area contributed by atoms with Crippen LogP contribution in [-0.2, 0) is 9.53 Å². The molecule has 2 atom stereocenters. The fourth-order valence-corrected chi connectivity index (χ4v) is 2.92. The predicted octanol–water partition coefficient (Wildman–Crippen LogP) is 2.74. The zero-order chi connectivity index (χ0) is 13.8. The van der Waals surface area contributed by atoms with Gasteiger partial charge in [-0.15, -0.1) is 0 Å². The SMILES string of the molecule is CCOCC(=O)N1C[C@@H](c2ccccc2C)C[C@@H]1C. The number of carbonyl (C=O) groups is 1. The number of benzene rings is 1. The van der Waals surface area contributed by atoms with Crippen molar-refractivity contribution in [2.24, 2.45) is 0 Å². The molecule has 3 heteroatoms. The molecule has 1 aromatic rings. The molecule has 0 aromatic heterocycles. The van der Waals surface area contributed by atoms with Crippen molar-refractivity contribution in [2.75, 3.05) is 19.8 Å². The molecule has 19 heavy (non-hydrogen) atoms. The summed E-state index contributed by atoms with van der Waals surface area (Å²) in [4.78, 5) is 14.0. The maximum atomic E-state index is 12.1. The van der Waals surface area contributed by atoms with Crippen LogP contribution in [0.15, 0.2) is 24.3 Å². The first-order chi connectivity index (χ1) is 9.13. The Labute approximate surface area is 115 Å². The first kappa shape index (κ1) is 14.1. The van der Waals surface area contributed by atoms with Gasteiger partial charge in [0.25, 0.3) is 0 Å². The lowest BCUT2D eigenvalue weighted by Crippen LogP contribution is -2.36. The molecule has 1 heterocycles. The van der Waals surface area contributed by atoms with Gasteiger partial charge in [0.2, 0.25) is 5.91 Å². The van der Waals surface area contributed by atoms with E-state index in [4.69, 9.17) is 4.74 Å². The number of ether oxygens (including phenoxy) is 1. The Morgan fingerprint density at radius 1 is 1.42 bits per heavy atom. The Kier molecular flexibility index (Phi) is 4.59. The molecule has 3 nitrogen and oxygen atoms in total. The molecule has 0 unspecified atom stereocenters. The maximum absolute atomic E-state index is 12.1. The van der Waals surface area contributed by atoms with E-state index in [1.54, 1.807) is 0 Å². The molecular formula is C16H23NO2. The van der Waals surface area contributed by atoms with Gasteiger partial charge in [-0.25, -0.2) is 0 Å². The van der Waals surface area contributed by atoms with Gasteiger partial charge in [0.1, 0.15) is 6.61 Å². The number of nitrogens with zero attached hydrogens (tertiary/aromatic N) is 1. The number of likely N-dealkylation sites (tertiary alicyclic amines) is 1. The summed E-state index contributed by atoms with van der Waals surface area (Å²) in [6.45, 7) is 7.80. The van der Waals surface area contributed by atoms with Crippen molar-refractivity contribution >= 4 is 5.91 Å². The van der Waals surface area contributed by atoms with Crippen LogP contribution in [0.25, 0.3) is 0 Å². The third-order valence-corrected chi connectivity index (χ3v) is 3.95. The first-order valence-corrected chi connectivity index (χ1v) is 7.06. The maximum Gasteiger partial charge on any atom is 0.248 e. The van der Waals surface area contributed by atoms with Gasteiger partial charge in [-0.2, -0.15) is 0 Å². The van der Waals surface area contributed by atoms with Crippen LogP contribution in [0, 0.1) is 6.92 Å². The Hall–Kier alpha value is -1.35. The third kappa shape index (κ3) is 3.16. The predicted molar refractivity (Wildman–Crippen MR) is 76.2 cm³/mol. The lowest BCUT2D eigenvalue weighted by atomic mass is 9.93. The minimum Gasteiger partial charge on any atom is -0.372 e. The minimum atomic E-state index is 0.116. The average Bonchev–Trinajstić information content (AvgIpc) is 2.78. The number of aryl methyl sites for hydroxylation is 1. The number of amides is 1. The Morgan fingerprint density at radius 3 is 2.84 bits per heavy atom. The normalized spacial score (nSPS) is 22.8. The van der Waals surface area contributed by atoms with Crippen LogP contribution in [0.4, 0.5) is 0 Å². The van der Waals surface area contributed by atoms with Crippen LogP contribution >= 0.6 is 0 Å². The van der Waals surface area contributed by atoms with E-state index >= 15 is 0 Å². The van der Waals surface area contributed by atoms with E-state index in [2.05, 4.69) is 38.1 Å². The summed E-state index contributed by atoms with van der Waals surface area (Å²) in [7, 11) is 0. The van der Waals surface area contributed by atoms with Gasteiger partial charge in [0.15, 0.2) is 0 Å². The van der Waals surface area contributed by atoms with E-state index in [9.17, 15) is 4.79 Å². The van der Waals surface area contributed by atoms with Gasteiger partial charge in [-0.05, 0) is 38.3 Å². The fourth-order valence-electron chi connectivity index (χ4n) is 2.92. The molecule has 1 aromatic carbocycles. The van der Waals surface area contributed by atoms with E-state index in [-0.39, 0.29) is 12.5 Å². The van der Waals surface area contributed by atoms with Gasteiger partial charge in [-0.3, -0.25) is 4.79 Å². The molecule has 0 aliphatic carbocycles. The van der Waals surface area contributed by atoms with Crippen LogP contribution < -0.4 is 0 Å². The molecule has 0 spiro atoms. The van der Waals surface area contributed by atoms with Crippen LogP contribution in [0.3, 0.4) is 0 Å². The van der Waals surface area contributed by atoms with E-state index in [1.165, 1.54) is 11.1 Å². The number of rotatable bonds is 4. The Morgan fingerprint density at radius 2 is 2.16 bits per heavy atom. The lowest BCUT2D eigenvalue weighted by Gasteiger charge is -2.21. The molecule has 1 aliphatic heterocycles. The average molecular weight is 261 g/mol. The second kappa shape index (κ2) is 6.20. The highest BCUT2D eigenvalue weighted by molar-refractivity contribution is 5.78. The van der Waals surface area contributed by atoms with Crippen LogP contribution in [-0.4, -0.2) is 36.6 Å². The summed E-state index contributed by atoms with van der Waals surface area (Å²) < 4.78 is 5.23. The standard InChI is InChI=1S/C16H23NO2/c1-4-19-11-16(18)17-10-14(9-13(17)3)15-8-6-5-7-12(15)2/h5-8,13-14H,4,9-11H2,1-3H3/t13-,14-/m0/s1. The topological polar surface area (TPSA) is 29.5 Å². The van der Waals surface area contributed by atoms with Gasteiger partial charge in [0.05, 0.1) is 0 Å². The summed E-state index contributed by atoms with van der Waals surface area (Å²) in [6.07, 6.45) is 1.04. The van der Waals surface area contributed by atoms with Crippen molar-refractivity contribution in [3.63, 3.8) is 0 Å². The van der Waals surface area contributed by atoms with E-state index < -0.39 is 0 Å². The van der Waals surface area contributed by atoms with E-state index in [0.717, 1.165) is 13.0 Å². The molecule has 0 bridgehead atoms. The monoisotopic (exact) mass is 261 g/mol. The number of hydrogen-bond acceptors (Lipinski definition) is 2. The zero-order valence-corrected chi connectivity index (χ0v) is 12.1. The molecular weight excluding hydrogens is 238 g/mol. The van der Waals surface area contributed by atoms with E-state index in [0.29, 0.717) is 18.6 Å². The fraction of sp³-hybridized carbons (Fsp3) is 0.562.